The van der Waals surface area contributed by atoms with Gasteiger partial charge in [-0.05, 0) is 31.0 Å². The maximum Gasteiger partial charge on any atom is 0.238 e. The Balaban J connectivity index is 1.69. The first-order chi connectivity index (χ1) is 11.6. The Morgan fingerprint density at radius 3 is 2.83 bits per heavy atom. The zero-order chi connectivity index (χ0) is 17.0. The third kappa shape index (κ3) is 3.75. The largest absolute Gasteiger partial charge is 0.394 e. The van der Waals surface area contributed by atoms with E-state index in [4.69, 9.17) is 11.6 Å². The number of nitrogens with one attached hydrogen (secondary N) is 2. The Morgan fingerprint density at radius 2 is 2.17 bits per heavy atom. The molecule has 8 heteroatoms. The van der Waals surface area contributed by atoms with E-state index in [-0.39, 0.29) is 24.6 Å². The van der Waals surface area contributed by atoms with Crippen LogP contribution in [-0.2, 0) is 4.79 Å². The number of hydrogen-bond donors (Lipinski definition) is 3. The number of nitrogens with zero attached hydrogens (tertiary/aromatic N) is 3. The van der Waals surface area contributed by atoms with Crippen molar-refractivity contribution in [2.24, 2.45) is 0 Å². The van der Waals surface area contributed by atoms with Crippen molar-refractivity contribution in [3.05, 3.63) is 35.9 Å². The lowest BCUT2D eigenvalue weighted by molar-refractivity contribution is -0.115. The van der Waals surface area contributed by atoms with E-state index in [2.05, 4.69) is 20.7 Å². The topological polar surface area (TPSA) is 92.1 Å². The zero-order valence-corrected chi connectivity index (χ0v) is 14.0. The van der Waals surface area contributed by atoms with Gasteiger partial charge >= 0.3 is 0 Å². The summed E-state index contributed by atoms with van der Waals surface area (Å²) in [5.41, 5.74) is 0.910. The van der Waals surface area contributed by atoms with Gasteiger partial charge in [-0.25, -0.2) is 9.67 Å². The highest BCUT2D eigenvalue weighted by Crippen LogP contribution is 2.29. The van der Waals surface area contributed by atoms with Gasteiger partial charge in [-0.1, -0.05) is 24.4 Å². The monoisotopic (exact) mass is 349 g/mol. The second-order valence-corrected chi connectivity index (χ2v) is 6.49. The van der Waals surface area contributed by atoms with Crippen molar-refractivity contribution < 1.29 is 9.90 Å². The van der Waals surface area contributed by atoms with Crippen LogP contribution >= 0.6 is 11.6 Å². The molecule has 1 amide bonds. The van der Waals surface area contributed by atoms with Gasteiger partial charge in [0.05, 0.1) is 24.5 Å². The molecule has 7 nitrogen and oxygen atoms in total. The number of carbonyl (C=O) groups is 1. The van der Waals surface area contributed by atoms with Crippen LogP contribution in [-0.4, -0.2) is 44.5 Å². The summed E-state index contributed by atoms with van der Waals surface area (Å²) in [5, 5.41) is 20.2. The Labute approximate surface area is 145 Å². The van der Waals surface area contributed by atoms with Gasteiger partial charge in [0.15, 0.2) is 0 Å². The number of aliphatic hydroxyl groups is 1. The van der Waals surface area contributed by atoms with Crippen molar-refractivity contribution in [1.29, 1.82) is 0 Å². The average Bonchev–Trinajstić information content (AvgIpc) is 3.26. The number of aliphatic hydroxyl groups excluding tert-OH is 1. The Kier molecular flexibility index (Phi) is 5.13. The molecule has 1 saturated carbocycles. The molecule has 2 aromatic rings. The number of carbonyl (C=O) groups excluding carboxylic acids is 1. The molecule has 3 N–H and O–H groups in total. The van der Waals surface area contributed by atoms with Crippen molar-refractivity contribution in [3.63, 3.8) is 0 Å². The molecule has 1 aromatic heterocycles. The molecule has 1 fully saturated rings. The molecule has 0 atom stereocenters. The highest BCUT2D eigenvalue weighted by molar-refractivity contribution is 6.31. The summed E-state index contributed by atoms with van der Waals surface area (Å²) in [5.74, 6) is -0.196. The van der Waals surface area contributed by atoms with E-state index in [1.807, 2.05) is 0 Å². The van der Waals surface area contributed by atoms with Gasteiger partial charge in [0.25, 0.3) is 0 Å². The number of anilines is 1. The summed E-state index contributed by atoms with van der Waals surface area (Å²) < 4.78 is 1.56. The zero-order valence-electron chi connectivity index (χ0n) is 13.2. The summed E-state index contributed by atoms with van der Waals surface area (Å²) in [4.78, 5) is 16.2. The molecule has 0 bridgehead atoms. The fourth-order valence-electron chi connectivity index (χ4n) is 3.05. The first kappa shape index (κ1) is 16.9. The molecule has 128 valence electrons. The molecular weight excluding hydrogens is 330 g/mol. The van der Waals surface area contributed by atoms with Crippen molar-refractivity contribution in [1.82, 2.24) is 20.1 Å². The van der Waals surface area contributed by atoms with Gasteiger partial charge in [0.2, 0.25) is 5.91 Å². The first-order valence-electron chi connectivity index (χ1n) is 7.92. The van der Waals surface area contributed by atoms with Crippen LogP contribution < -0.4 is 10.6 Å². The molecular formula is C16H20ClN5O2. The van der Waals surface area contributed by atoms with Crippen molar-refractivity contribution in [2.75, 3.05) is 18.5 Å². The average molecular weight is 350 g/mol. The predicted molar refractivity (Wildman–Crippen MR) is 91.3 cm³/mol. The molecule has 0 aliphatic heterocycles. The minimum absolute atomic E-state index is 0.0433. The maximum absolute atomic E-state index is 12.3. The fourth-order valence-corrected chi connectivity index (χ4v) is 3.22. The second-order valence-electron chi connectivity index (χ2n) is 6.05. The standard InChI is InChI=1S/C16H20ClN5O2/c17-12-3-4-14(22-11-18-10-20-22)13(7-12)21-15(24)8-19-16(9-23)5-1-2-6-16/h3-4,7,10-11,19,23H,1-2,5-6,8-9H2,(H,21,24). The number of amides is 1. The molecule has 0 spiro atoms. The highest BCUT2D eigenvalue weighted by atomic mass is 35.5. The normalized spacial score (nSPS) is 16.2. The molecule has 1 aromatic carbocycles. The number of halogens is 1. The second kappa shape index (κ2) is 7.29. The summed E-state index contributed by atoms with van der Waals surface area (Å²) in [6.45, 7) is 0.172. The van der Waals surface area contributed by atoms with Crippen LogP contribution in [0.1, 0.15) is 25.7 Å². The lowest BCUT2D eigenvalue weighted by atomic mass is 9.99. The predicted octanol–water partition coefficient (Wildman–Crippen LogP) is 1.75. The number of hydrogen-bond acceptors (Lipinski definition) is 5. The molecule has 0 unspecified atom stereocenters. The van der Waals surface area contributed by atoms with Gasteiger partial charge in [-0.2, -0.15) is 5.10 Å². The summed E-state index contributed by atoms with van der Waals surface area (Å²) in [6, 6.07) is 5.17. The fraction of sp³-hybridized carbons (Fsp3) is 0.438. The minimum atomic E-state index is -0.333. The van der Waals surface area contributed by atoms with E-state index < -0.39 is 0 Å². The molecule has 0 saturated heterocycles. The molecule has 1 heterocycles. The van der Waals surface area contributed by atoms with E-state index in [0.717, 1.165) is 25.7 Å². The Bertz CT molecular complexity index is 698. The molecule has 1 aliphatic carbocycles. The van der Waals surface area contributed by atoms with Gasteiger partial charge in [-0.3, -0.25) is 4.79 Å². The molecule has 3 rings (SSSR count). The maximum atomic E-state index is 12.3. The van der Waals surface area contributed by atoms with Crippen LogP contribution in [0, 0.1) is 0 Å². The Hall–Kier alpha value is -1.96. The van der Waals surface area contributed by atoms with Crippen LogP contribution in [0.2, 0.25) is 5.02 Å². The van der Waals surface area contributed by atoms with Crippen molar-refractivity contribution >= 4 is 23.2 Å². The Morgan fingerprint density at radius 1 is 1.38 bits per heavy atom. The highest BCUT2D eigenvalue weighted by Gasteiger charge is 2.32. The van der Waals surface area contributed by atoms with Crippen LogP contribution in [0.5, 0.6) is 0 Å². The third-order valence-electron chi connectivity index (χ3n) is 4.39. The van der Waals surface area contributed by atoms with E-state index in [1.54, 1.807) is 29.2 Å². The van der Waals surface area contributed by atoms with Crippen LogP contribution in [0.15, 0.2) is 30.9 Å². The lowest BCUT2D eigenvalue weighted by Gasteiger charge is -2.27. The van der Waals surface area contributed by atoms with Gasteiger partial charge in [-0.15, -0.1) is 0 Å². The third-order valence-corrected chi connectivity index (χ3v) is 4.62. The summed E-state index contributed by atoms with van der Waals surface area (Å²) in [7, 11) is 0. The molecule has 1 aliphatic rings. The summed E-state index contributed by atoms with van der Waals surface area (Å²) >= 11 is 6.04. The molecule has 24 heavy (non-hydrogen) atoms. The number of benzene rings is 1. The quantitative estimate of drug-likeness (QED) is 0.739. The number of aromatic nitrogens is 3. The van der Waals surface area contributed by atoms with Crippen LogP contribution in [0.4, 0.5) is 5.69 Å². The van der Waals surface area contributed by atoms with Crippen molar-refractivity contribution in [2.45, 2.75) is 31.2 Å². The first-order valence-corrected chi connectivity index (χ1v) is 8.30. The minimum Gasteiger partial charge on any atom is -0.394 e. The van der Waals surface area contributed by atoms with Crippen LogP contribution in [0.3, 0.4) is 0 Å². The van der Waals surface area contributed by atoms with E-state index in [1.165, 1.54) is 6.33 Å². The number of rotatable bonds is 6. The summed E-state index contributed by atoms with van der Waals surface area (Å²) in [6.07, 6.45) is 6.89. The van der Waals surface area contributed by atoms with E-state index >= 15 is 0 Å². The smallest absolute Gasteiger partial charge is 0.238 e. The SMILES string of the molecule is O=C(CNC1(CO)CCCC1)Nc1cc(Cl)ccc1-n1cncn1. The van der Waals surface area contributed by atoms with E-state index in [0.29, 0.717) is 16.4 Å². The lowest BCUT2D eigenvalue weighted by Crippen LogP contribution is -2.49. The van der Waals surface area contributed by atoms with Crippen LogP contribution in [0.25, 0.3) is 5.69 Å². The van der Waals surface area contributed by atoms with Gasteiger partial charge in [0, 0.05) is 10.6 Å². The van der Waals surface area contributed by atoms with E-state index in [9.17, 15) is 9.90 Å². The van der Waals surface area contributed by atoms with Crippen molar-refractivity contribution in [3.8, 4) is 5.69 Å². The molecule has 0 radical (unpaired) electrons. The van der Waals surface area contributed by atoms with Gasteiger partial charge < -0.3 is 15.7 Å². The van der Waals surface area contributed by atoms with Gasteiger partial charge in [0.1, 0.15) is 12.7 Å².